The Morgan fingerprint density at radius 1 is 1.18 bits per heavy atom. The SMILES string of the molecule is CC1(C)CNC(CO)CN1C1CCCCCC1. The molecule has 1 aliphatic carbocycles. The number of nitrogens with one attached hydrogen (secondary N) is 1. The molecule has 0 amide bonds. The molecule has 1 atom stereocenters. The Labute approximate surface area is 106 Å². The van der Waals surface area contributed by atoms with Crippen molar-refractivity contribution in [2.75, 3.05) is 19.7 Å². The van der Waals surface area contributed by atoms with Crippen LogP contribution in [0.3, 0.4) is 0 Å². The summed E-state index contributed by atoms with van der Waals surface area (Å²) in [5, 5.41) is 12.8. The molecule has 2 aliphatic rings. The van der Waals surface area contributed by atoms with Crippen molar-refractivity contribution in [2.45, 2.75) is 70.0 Å². The molecule has 0 aromatic heterocycles. The summed E-state index contributed by atoms with van der Waals surface area (Å²) < 4.78 is 0. The van der Waals surface area contributed by atoms with Crippen molar-refractivity contribution < 1.29 is 5.11 Å². The fourth-order valence-corrected chi connectivity index (χ4v) is 3.38. The number of aliphatic hydroxyl groups excluding tert-OH is 1. The first kappa shape index (κ1) is 13.3. The summed E-state index contributed by atoms with van der Waals surface area (Å²) in [5.41, 5.74) is 0.237. The molecule has 100 valence electrons. The van der Waals surface area contributed by atoms with Crippen molar-refractivity contribution in [3.05, 3.63) is 0 Å². The first-order valence-electron chi connectivity index (χ1n) is 7.24. The van der Waals surface area contributed by atoms with Crippen molar-refractivity contribution in [3.8, 4) is 0 Å². The average Bonchev–Trinajstić information content (AvgIpc) is 2.57. The van der Waals surface area contributed by atoms with Crippen LogP contribution in [0.2, 0.25) is 0 Å². The molecule has 1 saturated carbocycles. The minimum Gasteiger partial charge on any atom is -0.395 e. The van der Waals surface area contributed by atoms with Crippen molar-refractivity contribution in [3.63, 3.8) is 0 Å². The summed E-state index contributed by atoms with van der Waals surface area (Å²) in [7, 11) is 0. The molecule has 1 unspecified atom stereocenters. The van der Waals surface area contributed by atoms with E-state index in [1.165, 1.54) is 38.5 Å². The second-order valence-corrected chi connectivity index (χ2v) is 6.37. The maximum Gasteiger partial charge on any atom is 0.0597 e. The first-order chi connectivity index (χ1) is 8.13. The van der Waals surface area contributed by atoms with Gasteiger partial charge in [-0.05, 0) is 26.7 Å². The predicted molar refractivity (Wildman–Crippen MR) is 71.2 cm³/mol. The Kier molecular flexibility index (Phi) is 4.45. The summed E-state index contributed by atoms with van der Waals surface area (Å²) in [4.78, 5) is 2.66. The van der Waals surface area contributed by atoms with Gasteiger partial charge in [-0.2, -0.15) is 0 Å². The number of hydrogen-bond donors (Lipinski definition) is 2. The fraction of sp³-hybridized carbons (Fsp3) is 1.00. The number of aliphatic hydroxyl groups is 1. The van der Waals surface area contributed by atoms with E-state index in [9.17, 15) is 5.11 Å². The Balaban J connectivity index is 2.03. The van der Waals surface area contributed by atoms with E-state index in [2.05, 4.69) is 24.1 Å². The second kappa shape index (κ2) is 5.68. The highest BCUT2D eigenvalue weighted by atomic mass is 16.3. The molecule has 0 radical (unpaired) electrons. The van der Waals surface area contributed by atoms with Gasteiger partial charge in [0.1, 0.15) is 0 Å². The third-order valence-electron chi connectivity index (χ3n) is 4.50. The third-order valence-corrected chi connectivity index (χ3v) is 4.50. The van der Waals surface area contributed by atoms with Crippen molar-refractivity contribution in [1.29, 1.82) is 0 Å². The van der Waals surface area contributed by atoms with Crippen molar-refractivity contribution >= 4 is 0 Å². The Bertz CT molecular complexity index is 234. The highest BCUT2D eigenvalue weighted by Crippen LogP contribution is 2.29. The third kappa shape index (κ3) is 3.21. The number of hydrogen-bond acceptors (Lipinski definition) is 3. The van der Waals surface area contributed by atoms with Crippen LogP contribution < -0.4 is 5.32 Å². The lowest BCUT2D eigenvalue weighted by atomic mass is 9.92. The van der Waals surface area contributed by atoms with E-state index in [1.807, 2.05) is 0 Å². The molecule has 0 bridgehead atoms. The average molecular weight is 240 g/mol. The lowest BCUT2D eigenvalue weighted by molar-refractivity contribution is 0.00785. The molecule has 3 nitrogen and oxygen atoms in total. The van der Waals surface area contributed by atoms with Crippen molar-refractivity contribution in [1.82, 2.24) is 10.2 Å². The summed E-state index contributed by atoms with van der Waals surface area (Å²) in [6.07, 6.45) is 8.28. The van der Waals surface area contributed by atoms with Crippen LogP contribution in [-0.2, 0) is 0 Å². The summed E-state index contributed by atoms with van der Waals surface area (Å²) in [5.74, 6) is 0. The molecular formula is C14H28N2O. The van der Waals surface area contributed by atoms with Crippen LogP contribution in [0.5, 0.6) is 0 Å². The van der Waals surface area contributed by atoms with E-state index < -0.39 is 0 Å². The van der Waals surface area contributed by atoms with Gasteiger partial charge in [0, 0.05) is 30.7 Å². The van der Waals surface area contributed by atoms with Gasteiger partial charge in [-0.3, -0.25) is 4.90 Å². The minimum atomic E-state index is 0.237. The van der Waals surface area contributed by atoms with Crippen LogP contribution in [0.25, 0.3) is 0 Å². The topological polar surface area (TPSA) is 35.5 Å². The van der Waals surface area contributed by atoms with Gasteiger partial charge >= 0.3 is 0 Å². The van der Waals surface area contributed by atoms with Crippen LogP contribution in [-0.4, -0.2) is 47.3 Å². The summed E-state index contributed by atoms with van der Waals surface area (Å²) in [6, 6.07) is 1.01. The van der Waals surface area contributed by atoms with Gasteiger partial charge in [0.25, 0.3) is 0 Å². The smallest absolute Gasteiger partial charge is 0.0597 e. The highest BCUT2D eigenvalue weighted by molar-refractivity contribution is 4.96. The van der Waals surface area contributed by atoms with Crippen LogP contribution >= 0.6 is 0 Å². The quantitative estimate of drug-likeness (QED) is 0.722. The Morgan fingerprint density at radius 2 is 1.82 bits per heavy atom. The van der Waals surface area contributed by atoms with Gasteiger partial charge in [-0.1, -0.05) is 25.7 Å². The molecule has 2 rings (SSSR count). The monoisotopic (exact) mass is 240 g/mol. The van der Waals surface area contributed by atoms with E-state index in [0.29, 0.717) is 0 Å². The fourth-order valence-electron chi connectivity index (χ4n) is 3.38. The van der Waals surface area contributed by atoms with E-state index in [0.717, 1.165) is 19.1 Å². The second-order valence-electron chi connectivity index (χ2n) is 6.37. The molecule has 1 saturated heterocycles. The van der Waals surface area contributed by atoms with Crippen LogP contribution in [0.4, 0.5) is 0 Å². The predicted octanol–water partition coefficient (Wildman–Crippen LogP) is 1.75. The Morgan fingerprint density at radius 3 is 2.41 bits per heavy atom. The van der Waals surface area contributed by atoms with E-state index in [1.54, 1.807) is 0 Å². The molecule has 2 fully saturated rings. The largest absolute Gasteiger partial charge is 0.395 e. The van der Waals surface area contributed by atoms with Gasteiger partial charge in [-0.15, -0.1) is 0 Å². The van der Waals surface area contributed by atoms with E-state index >= 15 is 0 Å². The molecule has 1 heterocycles. The molecular weight excluding hydrogens is 212 g/mol. The van der Waals surface area contributed by atoms with E-state index in [-0.39, 0.29) is 18.2 Å². The molecule has 17 heavy (non-hydrogen) atoms. The zero-order valence-corrected chi connectivity index (χ0v) is 11.4. The summed E-state index contributed by atoms with van der Waals surface area (Å²) in [6.45, 7) is 6.93. The molecule has 0 aromatic carbocycles. The maximum atomic E-state index is 9.34. The normalized spacial score (nSPS) is 32.3. The molecule has 0 spiro atoms. The highest BCUT2D eigenvalue weighted by Gasteiger charge is 2.37. The van der Waals surface area contributed by atoms with Gasteiger partial charge in [0.2, 0.25) is 0 Å². The van der Waals surface area contributed by atoms with Crippen LogP contribution in [0.1, 0.15) is 52.4 Å². The van der Waals surface area contributed by atoms with Crippen LogP contribution in [0, 0.1) is 0 Å². The molecule has 3 heteroatoms. The summed E-state index contributed by atoms with van der Waals surface area (Å²) >= 11 is 0. The zero-order chi connectivity index (χ0) is 12.3. The Hall–Kier alpha value is -0.120. The van der Waals surface area contributed by atoms with Crippen molar-refractivity contribution in [2.24, 2.45) is 0 Å². The van der Waals surface area contributed by atoms with Gasteiger partial charge in [0.05, 0.1) is 6.61 Å². The van der Waals surface area contributed by atoms with E-state index in [4.69, 9.17) is 0 Å². The molecule has 1 aliphatic heterocycles. The van der Waals surface area contributed by atoms with Gasteiger partial charge in [-0.25, -0.2) is 0 Å². The molecule has 2 N–H and O–H groups in total. The number of piperazine rings is 1. The standard InChI is InChI=1S/C14H28N2O/c1-14(2)11-15-12(10-17)9-16(14)13-7-5-3-4-6-8-13/h12-13,15,17H,3-11H2,1-2H3. The lowest BCUT2D eigenvalue weighted by Gasteiger charge is -2.49. The minimum absolute atomic E-state index is 0.237. The first-order valence-corrected chi connectivity index (χ1v) is 7.24. The lowest BCUT2D eigenvalue weighted by Crippen LogP contribution is -2.65. The van der Waals surface area contributed by atoms with Gasteiger partial charge in [0.15, 0.2) is 0 Å². The molecule has 0 aromatic rings. The maximum absolute atomic E-state index is 9.34. The zero-order valence-electron chi connectivity index (χ0n) is 11.4. The van der Waals surface area contributed by atoms with Crippen LogP contribution in [0.15, 0.2) is 0 Å². The number of nitrogens with zero attached hydrogens (tertiary/aromatic N) is 1. The number of rotatable bonds is 2. The van der Waals surface area contributed by atoms with Gasteiger partial charge < -0.3 is 10.4 Å².